The lowest BCUT2D eigenvalue weighted by atomic mass is 9.98. The molecule has 1 aromatic heterocycles. The third-order valence-corrected chi connectivity index (χ3v) is 4.90. The van der Waals surface area contributed by atoms with Crippen molar-refractivity contribution in [1.29, 1.82) is 0 Å². The molecule has 8 heteroatoms. The third kappa shape index (κ3) is 8.26. The van der Waals surface area contributed by atoms with Gasteiger partial charge in [-0.1, -0.05) is 19.3 Å². The minimum absolute atomic E-state index is 0.471. The highest BCUT2D eigenvalue weighted by atomic mass is 16.5. The van der Waals surface area contributed by atoms with Crippen molar-refractivity contribution in [2.75, 3.05) is 33.4 Å². The molecule has 2 rings (SSSR count). The topological polar surface area (TPSA) is 85.6 Å². The molecule has 0 radical (unpaired) electrons. The van der Waals surface area contributed by atoms with Crippen molar-refractivity contribution in [3.05, 3.63) is 11.6 Å². The van der Waals surface area contributed by atoms with E-state index in [0.29, 0.717) is 12.6 Å². The first-order valence-corrected chi connectivity index (χ1v) is 10.2. The van der Waals surface area contributed by atoms with E-state index in [9.17, 15) is 0 Å². The van der Waals surface area contributed by atoms with E-state index in [-0.39, 0.29) is 0 Å². The molecule has 0 spiro atoms. The van der Waals surface area contributed by atoms with Crippen molar-refractivity contribution in [1.82, 2.24) is 25.4 Å². The molecule has 1 saturated carbocycles. The number of nitrogens with one attached hydrogen (secondary N) is 2. The van der Waals surface area contributed by atoms with Gasteiger partial charge in [0.15, 0.2) is 11.8 Å². The van der Waals surface area contributed by atoms with Crippen LogP contribution in [0.2, 0.25) is 0 Å². The van der Waals surface area contributed by atoms with E-state index in [1.165, 1.54) is 32.1 Å². The Morgan fingerprint density at radius 2 is 1.81 bits per heavy atom. The molecule has 2 N–H and O–H groups in total. The predicted molar refractivity (Wildman–Crippen MR) is 107 cm³/mol. The summed E-state index contributed by atoms with van der Waals surface area (Å²) in [5, 5.41) is 15.0. The summed E-state index contributed by atoms with van der Waals surface area (Å²) < 4.78 is 13.1. The lowest BCUT2D eigenvalue weighted by Crippen LogP contribution is -2.39. The number of rotatable bonds is 11. The number of methoxy groups -OCH3 is 1. The van der Waals surface area contributed by atoms with Gasteiger partial charge in [-0.05, 0) is 32.6 Å². The van der Waals surface area contributed by atoms with Crippen LogP contribution in [0, 0.1) is 6.92 Å². The molecule has 0 amide bonds. The van der Waals surface area contributed by atoms with E-state index >= 15 is 0 Å². The Balaban J connectivity index is 1.73. The molecule has 8 nitrogen and oxygen atoms in total. The largest absolute Gasteiger partial charge is 0.385 e. The zero-order valence-corrected chi connectivity index (χ0v) is 17.2. The molecule has 0 atom stereocenters. The molecule has 0 aliphatic heterocycles. The second-order valence-electron chi connectivity index (χ2n) is 7.07. The van der Waals surface area contributed by atoms with Gasteiger partial charge in [0.2, 0.25) is 0 Å². The minimum Gasteiger partial charge on any atom is -0.385 e. The second-order valence-corrected chi connectivity index (χ2v) is 7.07. The van der Waals surface area contributed by atoms with Gasteiger partial charge in [-0.15, -0.1) is 10.2 Å². The van der Waals surface area contributed by atoms with Gasteiger partial charge in [-0.25, -0.2) is 4.99 Å². The first-order chi connectivity index (χ1) is 13.2. The van der Waals surface area contributed by atoms with Crippen LogP contribution in [0.25, 0.3) is 0 Å². The second kappa shape index (κ2) is 12.7. The summed E-state index contributed by atoms with van der Waals surface area (Å²) in [4.78, 5) is 4.64. The van der Waals surface area contributed by atoms with Crippen molar-refractivity contribution in [3.8, 4) is 0 Å². The number of aryl methyl sites for hydroxylation is 1. The van der Waals surface area contributed by atoms with Gasteiger partial charge in [0.25, 0.3) is 0 Å². The maximum absolute atomic E-state index is 5.99. The van der Waals surface area contributed by atoms with Gasteiger partial charge in [0.1, 0.15) is 12.4 Å². The van der Waals surface area contributed by atoms with Crippen LogP contribution in [0.15, 0.2) is 4.99 Å². The van der Waals surface area contributed by atoms with Crippen LogP contribution in [-0.2, 0) is 23.1 Å². The van der Waals surface area contributed by atoms with Crippen LogP contribution in [0.5, 0.6) is 0 Å². The predicted octanol–water partition coefficient (Wildman–Crippen LogP) is 1.93. The summed E-state index contributed by atoms with van der Waals surface area (Å²) in [6, 6.07) is 0. The number of aromatic nitrogens is 3. The Morgan fingerprint density at radius 3 is 2.44 bits per heavy atom. The first-order valence-electron chi connectivity index (χ1n) is 10.2. The fraction of sp³-hybridized carbons (Fsp3) is 0.842. The Bertz CT molecular complexity index is 554. The van der Waals surface area contributed by atoms with Crippen LogP contribution in [-0.4, -0.2) is 60.2 Å². The third-order valence-electron chi connectivity index (χ3n) is 4.90. The maximum atomic E-state index is 5.99. The molecule has 1 aliphatic carbocycles. The fourth-order valence-electron chi connectivity index (χ4n) is 3.10. The number of hydrogen-bond donors (Lipinski definition) is 2. The Morgan fingerprint density at radius 1 is 1.11 bits per heavy atom. The smallest absolute Gasteiger partial charge is 0.191 e. The highest BCUT2D eigenvalue weighted by molar-refractivity contribution is 5.79. The summed E-state index contributed by atoms with van der Waals surface area (Å²) in [6.45, 7) is 5.62. The summed E-state index contributed by atoms with van der Waals surface area (Å²) in [6.07, 6.45) is 8.80. The molecule has 0 unspecified atom stereocenters. The van der Waals surface area contributed by atoms with E-state index in [2.05, 4.69) is 25.8 Å². The number of guanidine groups is 1. The highest BCUT2D eigenvalue weighted by Gasteiger charge is 2.13. The molecule has 0 bridgehead atoms. The maximum Gasteiger partial charge on any atom is 0.191 e. The van der Waals surface area contributed by atoms with E-state index in [4.69, 9.17) is 9.47 Å². The lowest BCUT2D eigenvalue weighted by molar-refractivity contribution is 0.0277. The van der Waals surface area contributed by atoms with Crippen molar-refractivity contribution in [3.63, 3.8) is 0 Å². The van der Waals surface area contributed by atoms with Crippen molar-refractivity contribution < 1.29 is 9.47 Å². The Hall–Kier alpha value is -1.67. The summed E-state index contributed by atoms with van der Waals surface area (Å²) in [5.74, 6) is 2.54. The van der Waals surface area contributed by atoms with E-state index in [0.717, 1.165) is 56.8 Å². The number of hydrogen-bond acceptors (Lipinski definition) is 5. The van der Waals surface area contributed by atoms with Crippen LogP contribution in [0.4, 0.5) is 0 Å². The van der Waals surface area contributed by atoms with Gasteiger partial charge in [0, 0.05) is 40.5 Å². The number of aliphatic imine (C=N–C) groups is 1. The molecule has 0 saturated heterocycles. The van der Waals surface area contributed by atoms with Gasteiger partial charge in [-0.3, -0.25) is 0 Å². The van der Waals surface area contributed by atoms with Crippen LogP contribution in [0.1, 0.15) is 56.6 Å². The fourth-order valence-corrected chi connectivity index (χ4v) is 3.10. The van der Waals surface area contributed by atoms with Crippen LogP contribution in [0.3, 0.4) is 0 Å². The zero-order chi connectivity index (χ0) is 19.3. The van der Waals surface area contributed by atoms with Gasteiger partial charge in [-0.2, -0.15) is 0 Å². The van der Waals surface area contributed by atoms with E-state index < -0.39 is 0 Å². The molecule has 1 heterocycles. The number of ether oxygens (including phenoxy) is 2. The quantitative estimate of drug-likeness (QED) is 0.347. The summed E-state index contributed by atoms with van der Waals surface area (Å²) in [5.41, 5.74) is 0. The van der Waals surface area contributed by atoms with Gasteiger partial charge >= 0.3 is 0 Å². The van der Waals surface area contributed by atoms with Gasteiger partial charge < -0.3 is 24.7 Å². The Kier molecular flexibility index (Phi) is 10.1. The van der Waals surface area contributed by atoms with Crippen molar-refractivity contribution in [2.24, 2.45) is 12.0 Å². The molecule has 1 aliphatic rings. The summed E-state index contributed by atoms with van der Waals surface area (Å²) in [7, 11) is 3.68. The van der Waals surface area contributed by atoms with Crippen LogP contribution >= 0.6 is 0 Å². The zero-order valence-electron chi connectivity index (χ0n) is 17.2. The molecule has 1 fully saturated rings. The molecule has 0 aromatic carbocycles. The molecule has 154 valence electrons. The first kappa shape index (κ1) is 21.6. The average molecular weight is 381 g/mol. The van der Waals surface area contributed by atoms with E-state index in [1.807, 2.05) is 18.5 Å². The standard InChI is InChI=1S/C19H36N6O2/c1-16-23-24-18(25(16)2)15-22-19(20-11-7-13-26-3)21-12-8-14-27-17-9-5-4-6-10-17/h17H,4-15H2,1-3H3,(H2,20,21,22). The molecular formula is C19H36N6O2. The number of nitrogens with zero attached hydrogens (tertiary/aromatic N) is 4. The average Bonchev–Trinajstić information content (AvgIpc) is 3.01. The normalized spacial score (nSPS) is 15.9. The Labute approximate surface area is 163 Å². The highest BCUT2D eigenvalue weighted by Crippen LogP contribution is 2.20. The van der Waals surface area contributed by atoms with Gasteiger partial charge in [0.05, 0.1) is 6.10 Å². The van der Waals surface area contributed by atoms with E-state index in [1.54, 1.807) is 7.11 Å². The van der Waals surface area contributed by atoms with Crippen molar-refractivity contribution in [2.45, 2.75) is 64.5 Å². The minimum atomic E-state index is 0.471. The lowest BCUT2D eigenvalue weighted by Gasteiger charge is -2.22. The molecule has 1 aromatic rings. The molecule has 27 heavy (non-hydrogen) atoms. The van der Waals surface area contributed by atoms with Crippen molar-refractivity contribution >= 4 is 5.96 Å². The monoisotopic (exact) mass is 380 g/mol. The molecular weight excluding hydrogens is 344 g/mol. The summed E-state index contributed by atoms with van der Waals surface area (Å²) >= 11 is 0. The van der Waals surface area contributed by atoms with Crippen LogP contribution < -0.4 is 10.6 Å². The SMILES string of the molecule is COCCCNC(=NCc1nnc(C)n1C)NCCCOC1CCCCC1.